The van der Waals surface area contributed by atoms with E-state index >= 15 is 0 Å². The van der Waals surface area contributed by atoms with Gasteiger partial charge >= 0.3 is 5.97 Å². The van der Waals surface area contributed by atoms with Crippen LogP contribution in [0.15, 0.2) is 36.4 Å². The molecule has 0 aromatic heterocycles. The predicted octanol–water partition coefficient (Wildman–Crippen LogP) is 4.24. The fourth-order valence-electron chi connectivity index (χ4n) is 4.22. The van der Waals surface area contributed by atoms with E-state index in [9.17, 15) is 15.0 Å². The van der Waals surface area contributed by atoms with Crippen molar-refractivity contribution in [3.63, 3.8) is 0 Å². The molecule has 5 atom stereocenters. The number of carbonyl (C=O) groups excluding carboxylic acids is 1. The van der Waals surface area contributed by atoms with Crippen LogP contribution in [0.5, 0.6) is 0 Å². The molecule has 1 fully saturated rings. The Morgan fingerprint density at radius 2 is 1.97 bits per heavy atom. The van der Waals surface area contributed by atoms with E-state index in [1.807, 2.05) is 24.3 Å². The van der Waals surface area contributed by atoms with Crippen LogP contribution in [0, 0.1) is 5.92 Å². The minimum Gasteiger partial charge on any atom is -0.469 e. The largest absolute Gasteiger partial charge is 0.469 e. The van der Waals surface area contributed by atoms with Crippen molar-refractivity contribution in [1.29, 1.82) is 0 Å². The van der Waals surface area contributed by atoms with Gasteiger partial charge in [-0.2, -0.15) is 0 Å². The number of carbonyl (C=O) groups is 1. The lowest BCUT2D eigenvalue weighted by molar-refractivity contribution is -0.140. The van der Waals surface area contributed by atoms with Crippen molar-refractivity contribution >= 4 is 17.6 Å². The number of hydrogen-bond donors (Lipinski definition) is 3. The number of esters is 1. The quantitative estimate of drug-likeness (QED) is 0.196. The lowest BCUT2D eigenvalue weighted by atomic mass is 9.84. The van der Waals surface area contributed by atoms with Gasteiger partial charge in [0.2, 0.25) is 0 Å². The summed E-state index contributed by atoms with van der Waals surface area (Å²) in [5, 5.41) is 29.7. The highest BCUT2D eigenvalue weighted by Gasteiger charge is 2.41. The minimum atomic E-state index is -0.538. The van der Waals surface area contributed by atoms with Gasteiger partial charge in [0, 0.05) is 24.3 Å². The molecule has 2 unspecified atom stereocenters. The monoisotopic (exact) mass is 438 g/mol. The van der Waals surface area contributed by atoms with Gasteiger partial charge in [-0.1, -0.05) is 36.4 Å². The lowest BCUT2D eigenvalue weighted by Crippen LogP contribution is -2.18. The summed E-state index contributed by atoms with van der Waals surface area (Å²) in [6.07, 6.45) is 8.58. The number of halogens is 1. The molecule has 6 heteroatoms. The fraction of sp³-hybridized carbons (Fsp3) is 0.625. The Morgan fingerprint density at radius 3 is 2.63 bits per heavy atom. The van der Waals surface area contributed by atoms with E-state index in [-0.39, 0.29) is 29.8 Å². The molecule has 1 aliphatic carbocycles. The Hall–Kier alpha value is -1.40. The first-order valence-corrected chi connectivity index (χ1v) is 11.3. The molecule has 0 saturated heterocycles. The van der Waals surface area contributed by atoms with Crippen molar-refractivity contribution < 1.29 is 24.9 Å². The Morgan fingerprint density at radius 1 is 1.23 bits per heavy atom. The third-order valence-electron chi connectivity index (χ3n) is 5.95. The lowest BCUT2D eigenvalue weighted by Gasteiger charge is -2.23. The molecule has 3 N–H and O–H groups in total. The first-order valence-electron chi connectivity index (χ1n) is 10.9. The molecule has 0 spiro atoms. The third kappa shape index (κ3) is 7.38. The molecule has 2 rings (SSSR count). The molecule has 0 heterocycles. The summed E-state index contributed by atoms with van der Waals surface area (Å²) in [4.78, 5) is 11.1. The molecule has 1 aromatic rings. The third-order valence-corrected chi connectivity index (χ3v) is 6.45. The Kier molecular flexibility index (Phi) is 10.9. The van der Waals surface area contributed by atoms with Crippen LogP contribution in [0.4, 0.5) is 0 Å². The number of alkyl halides is 1. The van der Waals surface area contributed by atoms with Crippen LogP contribution in [0.3, 0.4) is 0 Å². The SMILES string of the molecule is COC(=O)CCCC=CC[C@H]1[C@H](Cl)CC(O)[C@@H]1c1ccc(C(O)CCCCO)cc1. The molecule has 168 valence electrons. The average Bonchev–Trinajstić information content (AvgIpc) is 3.03. The first kappa shape index (κ1) is 24.9. The van der Waals surface area contributed by atoms with Gasteiger partial charge in [-0.25, -0.2) is 0 Å². The van der Waals surface area contributed by atoms with Crippen LogP contribution in [-0.4, -0.2) is 46.5 Å². The second-order valence-electron chi connectivity index (χ2n) is 8.09. The Bertz CT molecular complexity index is 660. The van der Waals surface area contributed by atoms with Crippen LogP contribution < -0.4 is 0 Å². The van der Waals surface area contributed by atoms with Crippen molar-refractivity contribution in [2.45, 2.75) is 74.9 Å². The highest BCUT2D eigenvalue weighted by atomic mass is 35.5. The maximum atomic E-state index is 11.1. The van der Waals surface area contributed by atoms with E-state index in [1.54, 1.807) is 0 Å². The summed E-state index contributed by atoms with van der Waals surface area (Å²) in [6.45, 7) is 0.145. The zero-order valence-corrected chi connectivity index (χ0v) is 18.5. The van der Waals surface area contributed by atoms with Gasteiger partial charge in [-0.3, -0.25) is 4.79 Å². The summed E-state index contributed by atoms with van der Waals surface area (Å²) in [5.74, 6) is -0.0863. The standard InChI is InChI=1S/C24H35ClO5/c1-30-23(29)10-5-3-2-4-8-19-20(25)16-22(28)24(19)18-13-11-17(12-14-18)21(27)9-6-7-15-26/h2,4,11-14,19-22,24,26-28H,3,5-10,15-16H2,1H3/t19-,20+,21?,22?,24+/m0/s1. The summed E-state index contributed by atoms with van der Waals surface area (Å²) in [7, 11) is 1.40. The van der Waals surface area contributed by atoms with E-state index in [0.29, 0.717) is 25.7 Å². The summed E-state index contributed by atoms with van der Waals surface area (Å²) < 4.78 is 4.64. The number of hydrogen-bond acceptors (Lipinski definition) is 5. The van der Waals surface area contributed by atoms with Crippen molar-refractivity contribution in [1.82, 2.24) is 0 Å². The van der Waals surface area contributed by atoms with Crippen LogP contribution in [0.1, 0.15) is 74.5 Å². The zero-order chi connectivity index (χ0) is 21.9. The predicted molar refractivity (Wildman–Crippen MR) is 118 cm³/mol. The summed E-state index contributed by atoms with van der Waals surface area (Å²) >= 11 is 6.56. The summed E-state index contributed by atoms with van der Waals surface area (Å²) in [6, 6.07) is 7.82. The average molecular weight is 439 g/mol. The Balaban J connectivity index is 1.94. The van der Waals surface area contributed by atoms with Crippen molar-refractivity contribution in [2.75, 3.05) is 13.7 Å². The van der Waals surface area contributed by atoms with Crippen molar-refractivity contribution in [2.24, 2.45) is 5.92 Å². The maximum Gasteiger partial charge on any atom is 0.305 e. The van der Waals surface area contributed by atoms with Gasteiger partial charge in [0.1, 0.15) is 0 Å². The number of aliphatic hydroxyl groups is 3. The zero-order valence-electron chi connectivity index (χ0n) is 17.8. The van der Waals surface area contributed by atoms with Gasteiger partial charge in [0.15, 0.2) is 0 Å². The number of aliphatic hydroxyl groups excluding tert-OH is 3. The maximum absolute atomic E-state index is 11.1. The van der Waals surface area contributed by atoms with E-state index in [2.05, 4.69) is 16.9 Å². The van der Waals surface area contributed by atoms with E-state index in [0.717, 1.165) is 36.8 Å². The van der Waals surface area contributed by atoms with Crippen LogP contribution >= 0.6 is 11.6 Å². The molecule has 1 saturated carbocycles. The highest BCUT2D eigenvalue weighted by molar-refractivity contribution is 6.21. The van der Waals surface area contributed by atoms with Gasteiger partial charge in [0.25, 0.3) is 0 Å². The number of benzene rings is 1. The second-order valence-corrected chi connectivity index (χ2v) is 8.65. The topological polar surface area (TPSA) is 87.0 Å². The molecular weight excluding hydrogens is 404 g/mol. The van der Waals surface area contributed by atoms with Gasteiger partial charge in [-0.05, 0) is 62.0 Å². The van der Waals surface area contributed by atoms with E-state index in [4.69, 9.17) is 16.7 Å². The van der Waals surface area contributed by atoms with Crippen LogP contribution in [0.25, 0.3) is 0 Å². The van der Waals surface area contributed by atoms with Crippen molar-refractivity contribution in [3.05, 3.63) is 47.5 Å². The van der Waals surface area contributed by atoms with Crippen LogP contribution in [-0.2, 0) is 9.53 Å². The van der Waals surface area contributed by atoms with Gasteiger partial charge < -0.3 is 20.1 Å². The van der Waals surface area contributed by atoms with Gasteiger partial charge in [-0.15, -0.1) is 11.6 Å². The molecule has 30 heavy (non-hydrogen) atoms. The second kappa shape index (κ2) is 13.1. The molecular formula is C24H35ClO5. The number of methoxy groups -OCH3 is 1. The molecule has 0 radical (unpaired) electrons. The van der Waals surface area contributed by atoms with Gasteiger partial charge in [0.05, 0.1) is 19.3 Å². The molecule has 0 aliphatic heterocycles. The number of unbranched alkanes of at least 4 members (excludes halogenated alkanes) is 2. The Labute approximate surface area is 184 Å². The van der Waals surface area contributed by atoms with E-state index < -0.39 is 12.2 Å². The first-order chi connectivity index (χ1) is 14.5. The highest BCUT2D eigenvalue weighted by Crippen LogP contribution is 2.45. The summed E-state index contributed by atoms with van der Waals surface area (Å²) in [5.41, 5.74) is 1.90. The van der Waals surface area contributed by atoms with E-state index in [1.165, 1.54) is 7.11 Å². The number of rotatable bonds is 12. The molecule has 5 nitrogen and oxygen atoms in total. The normalized spacial score (nSPS) is 25.0. The smallest absolute Gasteiger partial charge is 0.305 e. The van der Waals surface area contributed by atoms with Crippen molar-refractivity contribution in [3.8, 4) is 0 Å². The molecule has 1 aliphatic rings. The van der Waals surface area contributed by atoms with Crippen LogP contribution in [0.2, 0.25) is 0 Å². The molecule has 1 aromatic carbocycles. The fourth-order valence-corrected chi connectivity index (χ4v) is 4.66. The molecule has 0 amide bonds. The minimum absolute atomic E-state index is 0.0344. The number of allylic oxidation sites excluding steroid dienone is 2. The number of ether oxygens (including phenoxy) is 1. The molecule has 0 bridgehead atoms.